The summed E-state index contributed by atoms with van der Waals surface area (Å²) in [5, 5.41) is 0. The molecule has 0 amide bonds. The summed E-state index contributed by atoms with van der Waals surface area (Å²) in [5.41, 5.74) is 6.92. The van der Waals surface area contributed by atoms with Crippen molar-refractivity contribution in [1.82, 2.24) is 4.90 Å². The molecule has 0 aromatic heterocycles. The molecule has 82 valence electrons. The van der Waals surface area contributed by atoms with Crippen LogP contribution in [0.3, 0.4) is 0 Å². The van der Waals surface area contributed by atoms with Crippen molar-refractivity contribution in [2.24, 2.45) is 5.73 Å². The molecule has 1 fully saturated rings. The Labute approximate surface area is 90.8 Å². The topological polar surface area (TPSA) is 38.5 Å². The summed E-state index contributed by atoms with van der Waals surface area (Å²) in [6.45, 7) is 5.81. The Morgan fingerprint density at radius 2 is 2.27 bits per heavy atom. The number of rotatable bonds is 4. The van der Waals surface area contributed by atoms with Crippen molar-refractivity contribution in [1.29, 1.82) is 0 Å². The van der Waals surface area contributed by atoms with E-state index in [1.54, 1.807) is 0 Å². The van der Waals surface area contributed by atoms with Crippen molar-refractivity contribution in [3.63, 3.8) is 0 Å². The van der Waals surface area contributed by atoms with Crippen LogP contribution < -0.4 is 10.5 Å². The van der Waals surface area contributed by atoms with Gasteiger partial charge >= 0.3 is 0 Å². The zero-order valence-corrected chi connectivity index (χ0v) is 9.15. The number of nitrogens with zero attached hydrogens (tertiary/aromatic N) is 1. The van der Waals surface area contributed by atoms with Gasteiger partial charge in [0.1, 0.15) is 12.4 Å². The molecule has 0 atom stereocenters. The monoisotopic (exact) mass is 206 g/mol. The van der Waals surface area contributed by atoms with Crippen LogP contribution in [0.15, 0.2) is 24.3 Å². The van der Waals surface area contributed by atoms with Gasteiger partial charge in [0.15, 0.2) is 0 Å². The highest BCUT2D eigenvalue weighted by Gasteiger charge is 2.21. The lowest BCUT2D eigenvalue weighted by molar-refractivity contribution is 0.124. The molecule has 0 radical (unpaired) electrons. The average Bonchev–Trinajstić information content (AvgIpc) is 2.15. The second-order valence-electron chi connectivity index (χ2n) is 4.18. The fourth-order valence-corrected chi connectivity index (χ4v) is 1.79. The summed E-state index contributed by atoms with van der Waals surface area (Å²) in [7, 11) is 0. The third-order valence-corrected chi connectivity index (χ3v) is 2.65. The zero-order chi connectivity index (χ0) is 10.7. The minimum Gasteiger partial charge on any atom is -0.492 e. The quantitative estimate of drug-likeness (QED) is 0.799. The second-order valence-corrected chi connectivity index (χ2v) is 4.18. The van der Waals surface area contributed by atoms with Gasteiger partial charge in [0.25, 0.3) is 0 Å². The highest BCUT2D eigenvalue weighted by atomic mass is 16.5. The molecule has 1 aliphatic heterocycles. The molecule has 1 saturated heterocycles. The Bertz CT molecular complexity index is 321. The van der Waals surface area contributed by atoms with E-state index >= 15 is 0 Å². The van der Waals surface area contributed by atoms with Gasteiger partial charge in [-0.05, 0) is 24.6 Å². The largest absolute Gasteiger partial charge is 0.492 e. The summed E-state index contributed by atoms with van der Waals surface area (Å²) in [4.78, 5) is 2.31. The van der Waals surface area contributed by atoms with Crippen LogP contribution in [0.25, 0.3) is 0 Å². The third-order valence-electron chi connectivity index (χ3n) is 2.65. The first-order valence-electron chi connectivity index (χ1n) is 5.41. The first-order valence-corrected chi connectivity index (χ1v) is 5.41. The molecule has 2 N–H and O–H groups in total. The molecule has 1 aliphatic rings. The molecule has 1 aromatic carbocycles. The van der Waals surface area contributed by atoms with Crippen molar-refractivity contribution in [3.8, 4) is 5.75 Å². The fraction of sp³-hybridized carbons (Fsp3) is 0.500. The minimum absolute atomic E-state index is 0.379. The van der Waals surface area contributed by atoms with Crippen molar-refractivity contribution in [3.05, 3.63) is 29.8 Å². The molecular weight excluding hydrogens is 188 g/mol. The average molecular weight is 206 g/mol. The second kappa shape index (κ2) is 4.64. The molecule has 0 bridgehead atoms. The van der Waals surface area contributed by atoms with Crippen LogP contribution in [0.4, 0.5) is 0 Å². The van der Waals surface area contributed by atoms with Crippen LogP contribution in [0.2, 0.25) is 0 Å². The van der Waals surface area contributed by atoms with Gasteiger partial charge in [-0.1, -0.05) is 12.1 Å². The summed E-state index contributed by atoms with van der Waals surface area (Å²) in [5.74, 6) is 0.958. The molecule has 3 nitrogen and oxygen atoms in total. The fourth-order valence-electron chi connectivity index (χ4n) is 1.79. The number of hydrogen-bond acceptors (Lipinski definition) is 3. The number of benzene rings is 1. The standard InChI is InChI=1S/C12H18N2O/c1-10-3-2-4-12(7-10)15-6-5-14-8-11(13)9-14/h2-4,7,11H,5-6,8-9,13H2,1H3. The van der Waals surface area contributed by atoms with Gasteiger partial charge in [0.2, 0.25) is 0 Å². The van der Waals surface area contributed by atoms with E-state index in [2.05, 4.69) is 24.0 Å². The number of hydrogen-bond donors (Lipinski definition) is 1. The predicted octanol–water partition coefficient (Wildman–Crippen LogP) is 1.02. The lowest BCUT2D eigenvalue weighted by Crippen LogP contribution is -2.56. The predicted molar refractivity (Wildman–Crippen MR) is 61.1 cm³/mol. The van der Waals surface area contributed by atoms with Gasteiger partial charge in [-0.25, -0.2) is 0 Å². The maximum atomic E-state index is 5.69. The van der Waals surface area contributed by atoms with Gasteiger partial charge in [0, 0.05) is 25.7 Å². The van der Waals surface area contributed by atoms with E-state index in [0.29, 0.717) is 6.04 Å². The number of ether oxygens (including phenoxy) is 1. The SMILES string of the molecule is Cc1cccc(OCCN2CC(N)C2)c1. The highest BCUT2D eigenvalue weighted by Crippen LogP contribution is 2.12. The Morgan fingerprint density at radius 3 is 2.93 bits per heavy atom. The van der Waals surface area contributed by atoms with Crippen molar-refractivity contribution in [2.45, 2.75) is 13.0 Å². The van der Waals surface area contributed by atoms with Crippen LogP contribution in [-0.4, -0.2) is 37.2 Å². The first kappa shape index (κ1) is 10.5. The number of likely N-dealkylation sites (tertiary alicyclic amines) is 1. The van der Waals surface area contributed by atoms with Gasteiger partial charge in [-0.3, -0.25) is 4.90 Å². The lowest BCUT2D eigenvalue weighted by Gasteiger charge is -2.36. The van der Waals surface area contributed by atoms with E-state index in [0.717, 1.165) is 32.0 Å². The molecule has 1 heterocycles. The Kier molecular flexibility index (Phi) is 3.23. The summed E-state index contributed by atoms with van der Waals surface area (Å²) >= 11 is 0. The molecule has 3 heteroatoms. The molecule has 0 aliphatic carbocycles. The summed E-state index contributed by atoms with van der Waals surface area (Å²) in [6.07, 6.45) is 0. The van der Waals surface area contributed by atoms with E-state index in [1.165, 1.54) is 5.56 Å². The Morgan fingerprint density at radius 1 is 1.47 bits per heavy atom. The lowest BCUT2D eigenvalue weighted by atomic mass is 10.1. The first-order chi connectivity index (χ1) is 7.24. The van der Waals surface area contributed by atoms with Gasteiger partial charge in [-0.15, -0.1) is 0 Å². The maximum absolute atomic E-state index is 5.69. The van der Waals surface area contributed by atoms with Crippen molar-refractivity contribution >= 4 is 0 Å². The Balaban J connectivity index is 1.69. The molecule has 0 spiro atoms. The van der Waals surface area contributed by atoms with E-state index < -0.39 is 0 Å². The molecule has 1 aromatic rings. The van der Waals surface area contributed by atoms with Crippen LogP contribution in [0.5, 0.6) is 5.75 Å². The number of nitrogens with two attached hydrogens (primary N) is 1. The number of aryl methyl sites for hydroxylation is 1. The Hall–Kier alpha value is -1.06. The van der Waals surface area contributed by atoms with E-state index in [1.807, 2.05) is 12.1 Å². The van der Waals surface area contributed by atoms with Crippen molar-refractivity contribution in [2.75, 3.05) is 26.2 Å². The summed E-state index contributed by atoms with van der Waals surface area (Å²) in [6, 6.07) is 8.52. The summed E-state index contributed by atoms with van der Waals surface area (Å²) < 4.78 is 5.65. The van der Waals surface area contributed by atoms with Crippen molar-refractivity contribution < 1.29 is 4.74 Å². The molecule has 0 unspecified atom stereocenters. The van der Waals surface area contributed by atoms with Crippen LogP contribution in [-0.2, 0) is 0 Å². The van der Waals surface area contributed by atoms with Gasteiger partial charge in [-0.2, -0.15) is 0 Å². The normalized spacial score (nSPS) is 17.5. The minimum atomic E-state index is 0.379. The molecule has 2 rings (SSSR count). The zero-order valence-electron chi connectivity index (χ0n) is 9.15. The van der Waals surface area contributed by atoms with Crippen LogP contribution in [0.1, 0.15) is 5.56 Å². The highest BCUT2D eigenvalue weighted by molar-refractivity contribution is 5.27. The smallest absolute Gasteiger partial charge is 0.119 e. The maximum Gasteiger partial charge on any atom is 0.119 e. The van der Waals surface area contributed by atoms with E-state index in [-0.39, 0.29) is 0 Å². The molecule has 0 saturated carbocycles. The molecular formula is C12H18N2O. The van der Waals surface area contributed by atoms with E-state index in [9.17, 15) is 0 Å². The van der Waals surface area contributed by atoms with E-state index in [4.69, 9.17) is 10.5 Å². The van der Waals surface area contributed by atoms with Crippen LogP contribution >= 0.6 is 0 Å². The van der Waals surface area contributed by atoms with Crippen LogP contribution in [0, 0.1) is 6.92 Å². The third kappa shape index (κ3) is 2.94. The van der Waals surface area contributed by atoms with Gasteiger partial charge < -0.3 is 10.5 Å². The molecule has 15 heavy (non-hydrogen) atoms. The van der Waals surface area contributed by atoms with Gasteiger partial charge in [0.05, 0.1) is 0 Å².